The van der Waals surface area contributed by atoms with Crippen molar-refractivity contribution in [2.24, 2.45) is 0 Å². The van der Waals surface area contributed by atoms with E-state index in [0.717, 1.165) is 6.92 Å². The van der Waals surface area contributed by atoms with E-state index in [1.165, 1.54) is 0 Å². The summed E-state index contributed by atoms with van der Waals surface area (Å²) in [5, 5.41) is 0. The maximum Gasteiger partial charge on any atom is 0.413 e. The molecule has 0 fully saturated rings. The zero-order valence-corrected chi connectivity index (χ0v) is 4.85. The highest BCUT2D eigenvalue weighted by Gasteiger charge is 2.29. The maximum absolute atomic E-state index is 11.3. The third-order valence-corrected chi connectivity index (χ3v) is 0.938. The highest BCUT2D eigenvalue weighted by molar-refractivity contribution is 6.25. The summed E-state index contributed by atoms with van der Waals surface area (Å²) < 4.78 is 33.9. The van der Waals surface area contributed by atoms with Crippen molar-refractivity contribution in [3.05, 3.63) is 11.1 Å². The molecule has 0 spiro atoms. The smallest absolute Gasteiger partial charge is 0.166 e. The molecule has 0 aromatic carbocycles. The van der Waals surface area contributed by atoms with Crippen LogP contribution in [0.4, 0.5) is 13.2 Å². The van der Waals surface area contributed by atoms with Crippen LogP contribution in [0.2, 0.25) is 0 Å². The Morgan fingerprint density at radius 2 is 1.88 bits per heavy atom. The van der Waals surface area contributed by atoms with E-state index in [4.69, 9.17) is 11.6 Å². The van der Waals surface area contributed by atoms with Crippen molar-refractivity contribution in [2.75, 3.05) is 0 Å². The van der Waals surface area contributed by atoms with Crippen LogP contribution in [0.25, 0.3) is 0 Å². The van der Waals surface area contributed by atoms with Crippen LogP contribution in [0.15, 0.2) is 11.1 Å². The van der Waals surface area contributed by atoms with Crippen molar-refractivity contribution in [2.45, 2.75) is 13.1 Å². The summed E-state index contributed by atoms with van der Waals surface area (Å²) in [6.45, 7) is 0.910. The first-order valence-corrected chi connectivity index (χ1v) is 2.26. The molecule has 0 saturated carbocycles. The van der Waals surface area contributed by atoms with Gasteiger partial charge in [0.05, 0.1) is 0 Å². The first kappa shape index (κ1) is 7.82. The van der Waals surface area contributed by atoms with E-state index >= 15 is 0 Å². The van der Waals surface area contributed by atoms with Gasteiger partial charge in [-0.05, 0) is 6.92 Å². The Hall–Kier alpha value is -0.180. The lowest BCUT2D eigenvalue weighted by atomic mass is 10.3. The summed E-state index contributed by atoms with van der Waals surface area (Å²) in [4.78, 5) is 0. The Morgan fingerprint density at radius 3 is 1.88 bits per heavy atom. The van der Waals surface area contributed by atoms with E-state index in [2.05, 4.69) is 0 Å². The molecule has 0 heterocycles. The summed E-state index contributed by atoms with van der Waals surface area (Å²) in [5.74, 6) is 0. The van der Waals surface area contributed by atoms with Crippen molar-refractivity contribution in [3.8, 4) is 0 Å². The lowest BCUT2D eigenvalue weighted by molar-refractivity contribution is -0.0911. The fourth-order valence-corrected chi connectivity index (χ4v) is 0.186. The third-order valence-electron chi connectivity index (χ3n) is 0.611. The predicted octanol–water partition coefficient (Wildman–Crippen LogP) is 2.69. The summed E-state index contributed by atoms with van der Waals surface area (Å²) >= 11 is 4.75. The molecule has 0 bridgehead atoms. The second-order valence-corrected chi connectivity index (χ2v) is 1.51. The molecule has 0 N–H and O–H groups in total. The monoisotopic (exact) mass is 144 g/mol. The average molecular weight is 145 g/mol. The van der Waals surface area contributed by atoms with Gasteiger partial charge in [-0.2, -0.15) is 13.2 Å². The van der Waals surface area contributed by atoms with Gasteiger partial charge in [0.2, 0.25) is 0 Å². The lowest BCUT2D eigenvalue weighted by Crippen LogP contribution is -2.07. The van der Waals surface area contributed by atoms with Crippen LogP contribution < -0.4 is 0 Å². The third kappa shape index (κ3) is 2.21. The highest BCUT2D eigenvalue weighted by Crippen LogP contribution is 2.24. The molecule has 0 radical (unpaired) electrons. The van der Waals surface area contributed by atoms with E-state index in [1.807, 2.05) is 0 Å². The number of rotatable bonds is 0. The van der Waals surface area contributed by atoms with Crippen molar-refractivity contribution in [3.63, 3.8) is 0 Å². The molecule has 0 unspecified atom stereocenters. The molecule has 4 heteroatoms. The van der Waals surface area contributed by atoms with E-state index in [0.29, 0.717) is 5.54 Å². The topological polar surface area (TPSA) is 0 Å². The molecule has 0 aliphatic heterocycles. The number of alkyl halides is 3. The highest BCUT2D eigenvalue weighted by atomic mass is 35.5. The van der Waals surface area contributed by atoms with Gasteiger partial charge in [-0.15, -0.1) is 0 Å². The average Bonchev–Trinajstić information content (AvgIpc) is 1.62. The van der Waals surface area contributed by atoms with E-state index < -0.39 is 11.7 Å². The zero-order valence-electron chi connectivity index (χ0n) is 4.09. The first-order chi connectivity index (χ1) is 3.48. The molecule has 0 saturated heterocycles. The number of halogens is 4. The van der Waals surface area contributed by atoms with Gasteiger partial charge in [0.15, 0.2) is 0 Å². The summed E-state index contributed by atoms with van der Waals surface area (Å²) in [7, 11) is 0. The number of hydrogen-bond acceptors (Lipinski definition) is 0. The minimum atomic E-state index is -4.26. The van der Waals surface area contributed by atoms with Crippen LogP contribution in [-0.2, 0) is 0 Å². The molecular formula is C4H4ClF3. The Kier molecular flexibility index (Phi) is 2.34. The molecule has 0 rings (SSSR count). The fraction of sp³-hybridized carbons (Fsp3) is 0.500. The van der Waals surface area contributed by atoms with Crippen LogP contribution in [0, 0.1) is 0 Å². The summed E-state index contributed by atoms with van der Waals surface area (Å²) in [6, 6.07) is 0. The number of allylic oxidation sites excluding steroid dienone is 1. The van der Waals surface area contributed by atoms with Crippen LogP contribution >= 0.6 is 11.6 Å². The Labute approximate surface area is 49.9 Å². The number of hydrogen-bond donors (Lipinski definition) is 0. The van der Waals surface area contributed by atoms with E-state index in [-0.39, 0.29) is 0 Å². The molecule has 0 aliphatic carbocycles. The van der Waals surface area contributed by atoms with E-state index in [1.54, 1.807) is 0 Å². The second kappa shape index (κ2) is 2.40. The van der Waals surface area contributed by atoms with Gasteiger partial charge in [0.1, 0.15) is 0 Å². The molecule has 0 nitrogen and oxygen atoms in total. The van der Waals surface area contributed by atoms with Gasteiger partial charge in [0, 0.05) is 11.1 Å². The van der Waals surface area contributed by atoms with Gasteiger partial charge < -0.3 is 0 Å². The lowest BCUT2D eigenvalue weighted by Gasteiger charge is -2.02. The Balaban J connectivity index is 4.03. The van der Waals surface area contributed by atoms with Crippen molar-refractivity contribution < 1.29 is 13.2 Å². The fourth-order valence-electron chi connectivity index (χ4n) is 0.0619. The quantitative estimate of drug-likeness (QED) is 0.490. The van der Waals surface area contributed by atoms with Crippen molar-refractivity contribution in [1.82, 2.24) is 0 Å². The normalized spacial score (nSPS) is 14.4. The van der Waals surface area contributed by atoms with Crippen molar-refractivity contribution in [1.29, 1.82) is 0 Å². The minimum Gasteiger partial charge on any atom is -0.166 e. The molecule has 0 amide bonds. The standard InChI is InChI=1S/C4H4ClF3/c1-3(2-5)4(6,7)8/h2H,1H3. The molecular weight excluding hydrogens is 140 g/mol. The molecule has 8 heavy (non-hydrogen) atoms. The molecule has 0 aromatic rings. The van der Waals surface area contributed by atoms with Gasteiger partial charge in [-0.25, -0.2) is 0 Å². The summed E-state index contributed by atoms with van der Waals surface area (Å²) in [5.41, 5.74) is -0.265. The first-order valence-electron chi connectivity index (χ1n) is 1.82. The summed E-state index contributed by atoms with van der Waals surface area (Å²) in [6.07, 6.45) is -4.26. The second-order valence-electron chi connectivity index (χ2n) is 1.29. The van der Waals surface area contributed by atoms with Crippen molar-refractivity contribution >= 4 is 11.6 Å². The Morgan fingerprint density at radius 1 is 1.50 bits per heavy atom. The molecule has 0 aromatic heterocycles. The molecule has 0 aliphatic rings. The zero-order chi connectivity index (χ0) is 6.78. The molecule has 48 valence electrons. The van der Waals surface area contributed by atoms with Gasteiger partial charge in [-0.3, -0.25) is 0 Å². The molecule has 0 atom stereocenters. The predicted molar refractivity (Wildman–Crippen MR) is 25.7 cm³/mol. The van der Waals surface area contributed by atoms with E-state index in [9.17, 15) is 13.2 Å². The van der Waals surface area contributed by atoms with Crippen LogP contribution in [-0.4, -0.2) is 6.18 Å². The van der Waals surface area contributed by atoms with Crippen LogP contribution in [0.1, 0.15) is 6.92 Å². The largest absolute Gasteiger partial charge is 0.413 e. The maximum atomic E-state index is 11.3. The van der Waals surface area contributed by atoms with Crippen LogP contribution in [0.3, 0.4) is 0 Å². The van der Waals surface area contributed by atoms with Gasteiger partial charge >= 0.3 is 6.18 Å². The van der Waals surface area contributed by atoms with Gasteiger partial charge in [0.25, 0.3) is 0 Å². The van der Waals surface area contributed by atoms with Crippen LogP contribution in [0.5, 0.6) is 0 Å². The minimum absolute atomic E-state index is 0.514. The van der Waals surface area contributed by atoms with Gasteiger partial charge in [-0.1, -0.05) is 11.6 Å². The SMILES string of the molecule is CC(=CCl)C(F)(F)F. The Bertz CT molecular complexity index is 102.